The molecule has 3 nitrogen and oxygen atoms in total. The number of hydrogen-bond donors (Lipinski definition) is 2. The molecule has 0 radical (unpaired) electrons. The summed E-state index contributed by atoms with van der Waals surface area (Å²) in [4.78, 5) is 0. The smallest absolute Gasteiger partial charge is 0.0661 e. The Kier molecular flexibility index (Phi) is 3.91. The molecule has 21 heavy (non-hydrogen) atoms. The van der Waals surface area contributed by atoms with Crippen LogP contribution in [0.2, 0.25) is 0 Å². The maximum absolute atomic E-state index is 5.98. The summed E-state index contributed by atoms with van der Waals surface area (Å²) in [7, 11) is 0. The maximum Gasteiger partial charge on any atom is 0.0661 e. The second-order valence-electron chi connectivity index (χ2n) is 8.98. The molecule has 2 atom stereocenters. The summed E-state index contributed by atoms with van der Waals surface area (Å²) in [6.07, 6.45) is 8.32. The van der Waals surface area contributed by atoms with Gasteiger partial charge in [0.15, 0.2) is 0 Å². The zero-order valence-electron chi connectivity index (χ0n) is 14.6. The molecule has 1 aliphatic heterocycles. The third kappa shape index (κ3) is 2.89. The van der Waals surface area contributed by atoms with Gasteiger partial charge in [-0.1, -0.05) is 6.42 Å². The van der Waals surface area contributed by atoms with Crippen molar-refractivity contribution in [2.75, 3.05) is 6.61 Å². The Morgan fingerprint density at radius 2 is 1.71 bits per heavy atom. The molecule has 1 spiro atoms. The lowest BCUT2D eigenvalue weighted by Gasteiger charge is -2.62. The molecule has 3 rings (SSSR count). The molecule has 2 aliphatic carbocycles. The fourth-order valence-electron chi connectivity index (χ4n) is 5.40. The monoisotopic (exact) mass is 294 g/mol. The summed E-state index contributed by atoms with van der Waals surface area (Å²) in [5.74, 6) is 0. The van der Waals surface area contributed by atoms with Gasteiger partial charge in [0.05, 0.1) is 6.10 Å². The lowest BCUT2D eigenvalue weighted by molar-refractivity contribution is -0.176. The average molecular weight is 294 g/mol. The van der Waals surface area contributed by atoms with E-state index in [1.165, 1.54) is 38.5 Å². The molecule has 0 amide bonds. The number of nitrogens with one attached hydrogen (secondary N) is 2. The van der Waals surface area contributed by atoms with Gasteiger partial charge in [0.2, 0.25) is 0 Å². The van der Waals surface area contributed by atoms with Crippen LogP contribution in [0.3, 0.4) is 0 Å². The van der Waals surface area contributed by atoms with Crippen LogP contribution in [0.15, 0.2) is 0 Å². The number of ether oxygens (including phenoxy) is 1. The van der Waals surface area contributed by atoms with Gasteiger partial charge in [-0.3, -0.25) is 0 Å². The Balaban J connectivity index is 1.62. The number of rotatable bonds is 4. The minimum absolute atomic E-state index is 0.231. The summed E-state index contributed by atoms with van der Waals surface area (Å²) in [6, 6.07) is 1.33. The Labute approximate surface area is 130 Å². The average Bonchev–Trinajstić information content (AvgIpc) is 2.20. The molecular formula is C18H34N2O. The highest BCUT2D eigenvalue weighted by Gasteiger charge is 2.59. The van der Waals surface area contributed by atoms with E-state index in [1.54, 1.807) is 0 Å². The molecule has 0 aromatic rings. The van der Waals surface area contributed by atoms with Crippen LogP contribution in [0.25, 0.3) is 0 Å². The van der Waals surface area contributed by atoms with Gasteiger partial charge in [0.25, 0.3) is 0 Å². The van der Waals surface area contributed by atoms with E-state index in [0.717, 1.165) is 6.61 Å². The highest BCUT2D eigenvalue weighted by Crippen LogP contribution is 2.57. The molecule has 3 fully saturated rings. The van der Waals surface area contributed by atoms with Gasteiger partial charge in [-0.2, -0.15) is 0 Å². The van der Waals surface area contributed by atoms with Crippen molar-refractivity contribution in [3.8, 4) is 0 Å². The van der Waals surface area contributed by atoms with E-state index >= 15 is 0 Å². The molecule has 0 bridgehead atoms. The van der Waals surface area contributed by atoms with Crippen LogP contribution >= 0.6 is 0 Å². The van der Waals surface area contributed by atoms with Crippen molar-refractivity contribution in [2.24, 2.45) is 5.41 Å². The Morgan fingerprint density at radius 1 is 1.10 bits per heavy atom. The highest BCUT2D eigenvalue weighted by atomic mass is 16.5. The first-order chi connectivity index (χ1) is 9.76. The summed E-state index contributed by atoms with van der Waals surface area (Å²) in [6.45, 7) is 12.4. The minimum atomic E-state index is 0.231. The molecule has 2 N–H and O–H groups in total. The summed E-state index contributed by atoms with van der Waals surface area (Å²) >= 11 is 0. The molecule has 122 valence electrons. The Bertz CT molecular complexity index is 371. The SMILES string of the molecule is CCO[C@H]1C[C@H](NC2CC(C)(C)NC(C)(C)C2)C12CCC2. The van der Waals surface area contributed by atoms with E-state index < -0.39 is 0 Å². The molecule has 0 aromatic heterocycles. The lowest BCUT2D eigenvalue weighted by Crippen LogP contribution is -2.70. The van der Waals surface area contributed by atoms with Gasteiger partial charge < -0.3 is 15.4 Å². The van der Waals surface area contributed by atoms with E-state index in [1.807, 2.05) is 0 Å². The van der Waals surface area contributed by atoms with Crippen LogP contribution in [-0.2, 0) is 4.74 Å². The second kappa shape index (κ2) is 5.21. The van der Waals surface area contributed by atoms with Crippen molar-refractivity contribution >= 4 is 0 Å². The molecule has 1 heterocycles. The van der Waals surface area contributed by atoms with Gasteiger partial charge in [0.1, 0.15) is 0 Å². The van der Waals surface area contributed by atoms with Crippen molar-refractivity contribution in [1.82, 2.24) is 10.6 Å². The Morgan fingerprint density at radius 3 is 2.19 bits per heavy atom. The fraction of sp³-hybridized carbons (Fsp3) is 1.00. The van der Waals surface area contributed by atoms with Crippen LogP contribution in [0, 0.1) is 5.41 Å². The second-order valence-corrected chi connectivity index (χ2v) is 8.98. The van der Waals surface area contributed by atoms with E-state index in [0.29, 0.717) is 23.6 Å². The van der Waals surface area contributed by atoms with Gasteiger partial charge in [0, 0.05) is 35.2 Å². The van der Waals surface area contributed by atoms with Crippen molar-refractivity contribution in [3.63, 3.8) is 0 Å². The fourth-order valence-corrected chi connectivity index (χ4v) is 5.40. The molecule has 1 saturated heterocycles. The topological polar surface area (TPSA) is 33.3 Å². The minimum Gasteiger partial charge on any atom is -0.378 e. The first-order valence-corrected chi connectivity index (χ1v) is 8.93. The first kappa shape index (κ1) is 15.8. The third-order valence-corrected chi connectivity index (χ3v) is 6.06. The summed E-state index contributed by atoms with van der Waals surface area (Å²) in [5.41, 5.74) is 0.944. The number of piperidine rings is 1. The highest BCUT2D eigenvalue weighted by molar-refractivity contribution is 5.13. The first-order valence-electron chi connectivity index (χ1n) is 8.93. The van der Waals surface area contributed by atoms with E-state index in [9.17, 15) is 0 Å². The van der Waals surface area contributed by atoms with Gasteiger partial charge in [-0.25, -0.2) is 0 Å². The zero-order chi connectivity index (χ0) is 15.3. The van der Waals surface area contributed by atoms with Crippen molar-refractivity contribution < 1.29 is 4.74 Å². The standard InChI is InChI=1S/C18H34N2O/c1-6-21-15-10-14(18(15)8-7-9-18)19-13-11-16(2,3)20-17(4,5)12-13/h13-15,19-20H,6-12H2,1-5H3/t14-,15-/m0/s1. The van der Waals surface area contributed by atoms with Crippen LogP contribution < -0.4 is 10.6 Å². The van der Waals surface area contributed by atoms with Gasteiger partial charge >= 0.3 is 0 Å². The molecular weight excluding hydrogens is 260 g/mol. The van der Waals surface area contributed by atoms with Crippen LogP contribution in [0.4, 0.5) is 0 Å². The van der Waals surface area contributed by atoms with Crippen LogP contribution in [0.5, 0.6) is 0 Å². The predicted molar refractivity (Wildman–Crippen MR) is 87.6 cm³/mol. The van der Waals surface area contributed by atoms with Crippen molar-refractivity contribution in [1.29, 1.82) is 0 Å². The third-order valence-electron chi connectivity index (χ3n) is 6.06. The van der Waals surface area contributed by atoms with Crippen molar-refractivity contribution in [3.05, 3.63) is 0 Å². The maximum atomic E-state index is 5.98. The van der Waals surface area contributed by atoms with E-state index in [4.69, 9.17) is 4.74 Å². The molecule has 3 heteroatoms. The van der Waals surface area contributed by atoms with Crippen LogP contribution in [-0.4, -0.2) is 35.9 Å². The molecule has 3 aliphatic rings. The van der Waals surface area contributed by atoms with E-state index in [-0.39, 0.29) is 11.1 Å². The zero-order valence-corrected chi connectivity index (χ0v) is 14.6. The molecule has 0 aromatic carbocycles. The summed E-state index contributed by atoms with van der Waals surface area (Å²) in [5, 5.41) is 7.81. The normalized spacial score (nSPS) is 37.0. The largest absolute Gasteiger partial charge is 0.378 e. The van der Waals surface area contributed by atoms with E-state index in [2.05, 4.69) is 45.3 Å². The molecule has 2 saturated carbocycles. The van der Waals surface area contributed by atoms with Crippen LogP contribution in [0.1, 0.15) is 73.1 Å². The molecule has 0 unspecified atom stereocenters. The number of hydrogen-bond acceptors (Lipinski definition) is 3. The quantitative estimate of drug-likeness (QED) is 0.835. The summed E-state index contributed by atoms with van der Waals surface area (Å²) < 4.78 is 5.98. The Hall–Kier alpha value is -0.120. The van der Waals surface area contributed by atoms with Gasteiger partial charge in [-0.15, -0.1) is 0 Å². The van der Waals surface area contributed by atoms with Gasteiger partial charge in [-0.05, 0) is 66.7 Å². The predicted octanol–water partition coefficient (Wildman–Crippen LogP) is 3.23. The van der Waals surface area contributed by atoms with Crippen molar-refractivity contribution in [2.45, 2.75) is 102 Å². The lowest BCUT2D eigenvalue weighted by atomic mass is 9.50.